The number of hydrogen-bond donors (Lipinski definition) is 1. The van der Waals surface area contributed by atoms with Crippen LogP contribution in [0.3, 0.4) is 0 Å². The van der Waals surface area contributed by atoms with Crippen LogP contribution in [0.25, 0.3) is 10.9 Å². The molecule has 0 atom stereocenters. The fourth-order valence-electron chi connectivity index (χ4n) is 1.80. The summed E-state index contributed by atoms with van der Waals surface area (Å²) in [5, 5.41) is 10.6. The maximum Gasteiger partial charge on any atom is 0.262 e. The van der Waals surface area contributed by atoms with Crippen molar-refractivity contribution >= 4 is 22.7 Å². The molecule has 0 bridgehead atoms. The van der Waals surface area contributed by atoms with Gasteiger partial charge >= 0.3 is 0 Å². The highest BCUT2D eigenvalue weighted by atomic mass is 32.2. The molecule has 1 aromatic heterocycles. The van der Waals surface area contributed by atoms with Crippen molar-refractivity contribution in [3.8, 4) is 0 Å². The van der Waals surface area contributed by atoms with Crippen LogP contribution in [-0.2, 0) is 6.54 Å². The van der Waals surface area contributed by atoms with E-state index in [9.17, 15) is 14.3 Å². The van der Waals surface area contributed by atoms with Gasteiger partial charge < -0.3 is 5.11 Å². The van der Waals surface area contributed by atoms with E-state index < -0.39 is 11.4 Å². The molecule has 0 fully saturated rings. The second-order valence-electron chi connectivity index (χ2n) is 5.21. The molecule has 1 N–H and O–H groups in total. The monoisotopic (exact) mass is 296 g/mol. The second kappa shape index (κ2) is 5.54. The topological polar surface area (TPSA) is 55.1 Å². The minimum Gasteiger partial charge on any atom is -0.390 e. The van der Waals surface area contributed by atoms with Crippen molar-refractivity contribution in [3.63, 3.8) is 0 Å². The normalized spacial score (nSPS) is 12.1. The van der Waals surface area contributed by atoms with Gasteiger partial charge in [0.05, 0.1) is 16.5 Å². The van der Waals surface area contributed by atoms with Gasteiger partial charge in [-0.1, -0.05) is 11.8 Å². The van der Waals surface area contributed by atoms with E-state index in [1.54, 1.807) is 13.8 Å². The molecule has 0 saturated heterocycles. The van der Waals surface area contributed by atoms with Gasteiger partial charge in [-0.2, -0.15) is 0 Å². The molecule has 0 aliphatic carbocycles. The first-order valence-electron chi connectivity index (χ1n) is 6.37. The fraction of sp³-hybridized carbons (Fsp3) is 0.429. The van der Waals surface area contributed by atoms with Gasteiger partial charge in [-0.05, 0) is 39.0 Å². The van der Waals surface area contributed by atoms with Crippen molar-refractivity contribution in [3.05, 3.63) is 34.4 Å². The van der Waals surface area contributed by atoms with Crippen molar-refractivity contribution < 1.29 is 9.50 Å². The van der Waals surface area contributed by atoms with Gasteiger partial charge in [0.15, 0.2) is 5.16 Å². The fourth-order valence-corrected chi connectivity index (χ4v) is 2.82. The summed E-state index contributed by atoms with van der Waals surface area (Å²) in [6.45, 7) is 5.68. The van der Waals surface area contributed by atoms with E-state index in [0.29, 0.717) is 23.0 Å². The number of nitrogens with zero attached hydrogens (tertiary/aromatic N) is 2. The van der Waals surface area contributed by atoms with E-state index in [1.165, 1.54) is 34.5 Å². The molecule has 4 nitrogen and oxygen atoms in total. The first-order valence-corrected chi connectivity index (χ1v) is 7.35. The Bertz CT molecular complexity index is 692. The summed E-state index contributed by atoms with van der Waals surface area (Å²) in [6.07, 6.45) is 0. The molecule has 1 heterocycles. The smallest absolute Gasteiger partial charge is 0.262 e. The van der Waals surface area contributed by atoms with Gasteiger partial charge in [-0.15, -0.1) is 0 Å². The number of aromatic nitrogens is 2. The van der Waals surface area contributed by atoms with Gasteiger partial charge in [0, 0.05) is 12.3 Å². The number of hydrogen-bond acceptors (Lipinski definition) is 4. The lowest BCUT2D eigenvalue weighted by molar-refractivity contribution is 0.107. The van der Waals surface area contributed by atoms with Crippen molar-refractivity contribution in [2.24, 2.45) is 0 Å². The molecule has 0 aliphatic rings. The summed E-state index contributed by atoms with van der Waals surface area (Å²) in [5.41, 5.74) is -0.631. The highest BCUT2D eigenvalue weighted by Gasteiger charge is 2.17. The summed E-state index contributed by atoms with van der Waals surface area (Å²) >= 11 is 1.32. The Hall–Kier alpha value is -1.40. The third-order valence-electron chi connectivity index (χ3n) is 2.75. The molecule has 20 heavy (non-hydrogen) atoms. The second-order valence-corrected chi connectivity index (χ2v) is 6.15. The number of benzene rings is 1. The van der Waals surface area contributed by atoms with E-state index in [0.717, 1.165) is 0 Å². The van der Waals surface area contributed by atoms with E-state index >= 15 is 0 Å². The van der Waals surface area contributed by atoms with Crippen molar-refractivity contribution in [1.82, 2.24) is 9.55 Å². The van der Waals surface area contributed by atoms with Gasteiger partial charge in [-0.3, -0.25) is 9.36 Å². The third kappa shape index (κ3) is 3.19. The third-order valence-corrected chi connectivity index (χ3v) is 4.17. The van der Waals surface area contributed by atoms with Crippen LogP contribution in [-0.4, -0.2) is 26.0 Å². The number of halogens is 1. The lowest BCUT2D eigenvalue weighted by Crippen LogP contribution is -2.25. The predicted molar refractivity (Wildman–Crippen MR) is 78.7 cm³/mol. The number of fused-ring (bicyclic) bond motifs is 1. The van der Waals surface area contributed by atoms with Crippen LogP contribution < -0.4 is 5.56 Å². The molecule has 108 valence electrons. The molecule has 0 radical (unpaired) electrons. The zero-order valence-corrected chi connectivity index (χ0v) is 12.5. The zero-order valence-electron chi connectivity index (χ0n) is 11.7. The van der Waals surface area contributed by atoms with Gasteiger partial charge in [-0.25, -0.2) is 9.37 Å². The summed E-state index contributed by atoms with van der Waals surface area (Å²) < 4.78 is 14.7. The lowest BCUT2D eigenvalue weighted by atomic mass is 10.2. The van der Waals surface area contributed by atoms with Crippen LogP contribution in [0.2, 0.25) is 0 Å². The molecule has 6 heteroatoms. The largest absolute Gasteiger partial charge is 0.390 e. The molecule has 2 rings (SSSR count). The van der Waals surface area contributed by atoms with Gasteiger partial charge in [0.2, 0.25) is 0 Å². The predicted octanol–water partition coefficient (Wildman–Crippen LogP) is 2.42. The average Bonchev–Trinajstić information content (AvgIpc) is 2.36. The molecule has 2 aromatic rings. The molecule has 0 unspecified atom stereocenters. The van der Waals surface area contributed by atoms with Crippen molar-refractivity contribution in [2.75, 3.05) is 5.75 Å². The Labute approximate surface area is 120 Å². The average molecular weight is 296 g/mol. The molecule has 0 saturated carbocycles. The first-order chi connectivity index (χ1) is 9.31. The summed E-state index contributed by atoms with van der Waals surface area (Å²) in [6, 6.07) is 4.00. The van der Waals surface area contributed by atoms with Crippen LogP contribution in [0.4, 0.5) is 4.39 Å². The van der Waals surface area contributed by atoms with Crippen molar-refractivity contribution in [1.29, 1.82) is 0 Å². The number of rotatable bonds is 4. The van der Waals surface area contributed by atoms with Crippen molar-refractivity contribution in [2.45, 2.75) is 38.1 Å². The molecular weight excluding hydrogens is 279 g/mol. The summed E-state index contributed by atoms with van der Waals surface area (Å²) in [4.78, 5) is 16.7. The Balaban J connectivity index is 2.55. The molecule has 0 aliphatic heterocycles. The maximum atomic E-state index is 13.2. The minimum absolute atomic E-state index is 0.254. The highest BCUT2D eigenvalue weighted by Crippen LogP contribution is 2.22. The SMILES string of the molecule is CCn1c(SCC(C)(C)O)nc2ccc(F)cc2c1=O. The highest BCUT2D eigenvalue weighted by molar-refractivity contribution is 7.99. The van der Waals surface area contributed by atoms with Crippen LogP contribution in [0.5, 0.6) is 0 Å². The van der Waals surface area contributed by atoms with E-state index in [4.69, 9.17) is 0 Å². The van der Waals surface area contributed by atoms with E-state index in [2.05, 4.69) is 4.98 Å². The maximum absolute atomic E-state index is 13.2. The molecule has 1 aromatic carbocycles. The van der Waals surface area contributed by atoms with E-state index in [-0.39, 0.29) is 10.9 Å². The summed E-state index contributed by atoms with van der Waals surface area (Å²) in [5.74, 6) is -0.0254. The number of thioether (sulfide) groups is 1. The van der Waals surface area contributed by atoms with Gasteiger partial charge in [0.1, 0.15) is 5.82 Å². The number of aliphatic hydroxyl groups is 1. The van der Waals surface area contributed by atoms with Crippen LogP contribution in [0.1, 0.15) is 20.8 Å². The summed E-state index contributed by atoms with van der Waals surface area (Å²) in [7, 11) is 0. The Morgan fingerprint density at radius 2 is 2.15 bits per heavy atom. The van der Waals surface area contributed by atoms with Crippen LogP contribution >= 0.6 is 11.8 Å². The van der Waals surface area contributed by atoms with Crippen LogP contribution in [0.15, 0.2) is 28.2 Å². The molecular formula is C14H17FN2O2S. The minimum atomic E-state index is -0.848. The van der Waals surface area contributed by atoms with E-state index in [1.807, 2.05) is 6.92 Å². The quantitative estimate of drug-likeness (QED) is 0.695. The van der Waals surface area contributed by atoms with Gasteiger partial charge in [0.25, 0.3) is 5.56 Å². The molecule has 0 spiro atoms. The molecule has 0 amide bonds. The Morgan fingerprint density at radius 3 is 2.75 bits per heavy atom. The standard InChI is InChI=1S/C14H17FN2O2S/c1-4-17-12(18)10-7-9(15)5-6-11(10)16-13(17)20-8-14(2,3)19/h5-7,19H,4,8H2,1-3H3. The lowest BCUT2D eigenvalue weighted by Gasteiger charge is -2.17. The Morgan fingerprint density at radius 1 is 1.45 bits per heavy atom. The first kappa shape index (κ1) is 15.0. The Kier molecular flexibility index (Phi) is 4.15. The van der Waals surface area contributed by atoms with Crippen LogP contribution in [0, 0.1) is 5.82 Å². The zero-order chi connectivity index (χ0) is 14.9.